The molecule has 0 spiro atoms. The number of aryl methyl sites for hydroxylation is 1. The SMILES string of the molecule is CCOc1ccccc1NC(=O)Cc1cccc(C)c1. The monoisotopic (exact) mass is 269 g/mol. The Morgan fingerprint density at radius 2 is 1.95 bits per heavy atom. The summed E-state index contributed by atoms with van der Waals surface area (Å²) in [5.41, 5.74) is 2.88. The van der Waals surface area contributed by atoms with Crippen molar-refractivity contribution in [1.82, 2.24) is 0 Å². The Bertz CT molecular complexity index is 593. The fraction of sp³-hybridized carbons (Fsp3) is 0.235. The molecule has 2 rings (SSSR count). The molecule has 20 heavy (non-hydrogen) atoms. The van der Waals surface area contributed by atoms with Crippen molar-refractivity contribution in [3.8, 4) is 5.75 Å². The molecule has 0 radical (unpaired) electrons. The molecular formula is C17H19NO2. The van der Waals surface area contributed by atoms with Crippen LogP contribution in [0, 0.1) is 6.92 Å². The Labute approximate surface area is 119 Å². The lowest BCUT2D eigenvalue weighted by Gasteiger charge is -2.11. The molecule has 0 fully saturated rings. The quantitative estimate of drug-likeness (QED) is 0.901. The Balaban J connectivity index is 2.05. The second-order valence-corrected chi connectivity index (χ2v) is 4.64. The predicted octanol–water partition coefficient (Wildman–Crippen LogP) is 3.57. The average molecular weight is 269 g/mol. The maximum atomic E-state index is 12.1. The van der Waals surface area contributed by atoms with Crippen molar-refractivity contribution in [2.24, 2.45) is 0 Å². The maximum Gasteiger partial charge on any atom is 0.228 e. The number of ether oxygens (including phenoxy) is 1. The molecule has 104 valence electrons. The summed E-state index contributed by atoms with van der Waals surface area (Å²) in [4.78, 5) is 12.1. The van der Waals surface area contributed by atoms with Gasteiger partial charge in [0.25, 0.3) is 0 Å². The van der Waals surface area contributed by atoms with E-state index in [4.69, 9.17) is 4.74 Å². The van der Waals surface area contributed by atoms with E-state index in [9.17, 15) is 4.79 Å². The summed E-state index contributed by atoms with van der Waals surface area (Å²) < 4.78 is 5.49. The van der Waals surface area contributed by atoms with Crippen molar-refractivity contribution in [1.29, 1.82) is 0 Å². The van der Waals surface area contributed by atoms with Crippen LogP contribution in [0.2, 0.25) is 0 Å². The van der Waals surface area contributed by atoms with Crippen LogP contribution < -0.4 is 10.1 Å². The summed E-state index contributed by atoms with van der Waals surface area (Å²) >= 11 is 0. The summed E-state index contributed by atoms with van der Waals surface area (Å²) in [5.74, 6) is 0.662. The third-order valence-corrected chi connectivity index (χ3v) is 2.91. The summed E-state index contributed by atoms with van der Waals surface area (Å²) in [7, 11) is 0. The van der Waals surface area contributed by atoms with Gasteiger partial charge in [-0.05, 0) is 31.5 Å². The van der Waals surface area contributed by atoms with Gasteiger partial charge in [-0.1, -0.05) is 42.0 Å². The van der Waals surface area contributed by atoms with E-state index in [-0.39, 0.29) is 5.91 Å². The van der Waals surface area contributed by atoms with Crippen LogP contribution >= 0.6 is 0 Å². The van der Waals surface area contributed by atoms with Crippen LogP contribution in [-0.2, 0) is 11.2 Å². The van der Waals surface area contributed by atoms with Crippen LogP contribution in [0.5, 0.6) is 5.75 Å². The summed E-state index contributed by atoms with van der Waals surface area (Å²) in [6.45, 7) is 4.52. The van der Waals surface area contributed by atoms with Crippen LogP contribution in [0.4, 0.5) is 5.69 Å². The molecular weight excluding hydrogens is 250 g/mol. The zero-order valence-corrected chi connectivity index (χ0v) is 11.8. The third kappa shape index (κ3) is 3.85. The standard InChI is InChI=1S/C17H19NO2/c1-3-20-16-10-5-4-9-15(16)18-17(19)12-14-8-6-7-13(2)11-14/h4-11H,3,12H2,1-2H3,(H,18,19). The van der Waals surface area contributed by atoms with Crippen LogP contribution in [0.25, 0.3) is 0 Å². The van der Waals surface area contributed by atoms with Gasteiger partial charge >= 0.3 is 0 Å². The minimum absolute atomic E-state index is 0.0391. The van der Waals surface area contributed by atoms with Gasteiger partial charge in [-0.25, -0.2) is 0 Å². The highest BCUT2D eigenvalue weighted by Gasteiger charge is 2.08. The number of hydrogen-bond donors (Lipinski definition) is 1. The van der Waals surface area contributed by atoms with Gasteiger partial charge < -0.3 is 10.1 Å². The second kappa shape index (κ2) is 6.75. The molecule has 0 atom stereocenters. The largest absolute Gasteiger partial charge is 0.492 e. The first-order chi connectivity index (χ1) is 9.69. The van der Waals surface area contributed by atoms with E-state index < -0.39 is 0 Å². The molecule has 0 unspecified atom stereocenters. The molecule has 3 heteroatoms. The molecule has 0 aliphatic heterocycles. The van der Waals surface area contributed by atoms with Crippen molar-refractivity contribution >= 4 is 11.6 Å². The van der Waals surface area contributed by atoms with Crippen molar-refractivity contribution in [3.05, 3.63) is 59.7 Å². The van der Waals surface area contributed by atoms with E-state index in [0.29, 0.717) is 24.5 Å². The van der Waals surface area contributed by atoms with Crippen LogP contribution in [0.1, 0.15) is 18.1 Å². The molecule has 0 saturated carbocycles. The highest BCUT2D eigenvalue weighted by molar-refractivity contribution is 5.93. The van der Waals surface area contributed by atoms with Gasteiger partial charge in [0.2, 0.25) is 5.91 Å². The van der Waals surface area contributed by atoms with E-state index in [1.807, 2.05) is 62.4 Å². The number of hydrogen-bond acceptors (Lipinski definition) is 2. The van der Waals surface area contributed by atoms with E-state index in [2.05, 4.69) is 5.32 Å². The Morgan fingerprint density at radius 3 is 2.70 bits per heavy atom. The summed E-state index contributed by atoms with van der Waals surface area (Å²) in [5, 5.41) is 2.90. The molecule has 0 saturated heterocycles. The van der Waals surface area contributed by atoms with E-state index >= 15 is 0 Å². The zero-order chi connectivity index (χ0) is 14.4. The third-order valence-electron chi connectivity index (χ3n) is 2.91. The number of amides is 1. The number of nitrogens with one attached hydrogen (secondary N) is 1. The van der Waals surface area contributed by atoms with Crippen LogP contribution in [0.15, 0.2) is 48.5 Å². The first-order valence-electron chi connectivity index (χ1n) is 6.76. The number of anilines is 1. The normalized spacial score (nSPS) is 10.1. The lowest BCUT2D eigenvalue weighted by molar-refractivity contribution is -0.115. The van der Waals surface area contributed by atoms with Gasteiger partial charge in [-0.15, -0.1) is 0 Å². The Kier molecular flexibility index (Phi) is 4.77. The first-order valence-corrected chi connectivity index (χ1v) is 6.76. The van der Waals surface area contributed by atoms with Crippen molar-refractivity contribution in [3.63, 3.8) is 0 Å². The molecule has 1 amide bonds. The molecule has 0 aliphatic carbocycles. The molecule has 1 N–H and O–H groups in total. The second-order valence-electron chi connectivity index (χ2n) is 4.64. The van der Waals surface area contributed by atoms with Crippen LogP contribution in [0.3, 0.4) is 0 Å². The number of carbonyl (C=O) groups is 1. The van der Waals surface area contributed by atoms with Crippen LogP contribution in [-0.4, -0.2) is 12.5 Å². The van der Waals surface area contributed by atoms with Gasteiger partial charge in [0.15, 0.2) is 0 Å². The van der Waals surface area contributed by atoms with Crippen molar-refractivity contribution < 1.29 is 9.53 Å². The number of para-hydroxylation sites is 2. The van der Waals surface area contributed by atoms with Gasteiger partial charge in [0.1, 0.15) is 5.75 Å². The lowest BCUT2D eigenvalue weighted by atomic mass is 10.1. The smallest absolute Gasteiger partial charge is 0.228 e. The number of benzene rings is 2. The van der Waals surface area contributed by atoms with Gasteiger partial charge in [-0.3, -0.25) is 4.79 Å². The predicted molar refractivity (Wildman–Crippen MR) is 81.1 cm³/mol. The van der Waals surface area contributed by atoms with Gasteiger partial charge in [-0.2, -0.15) is 0 Å². The molecule has 0 aromatic heterocycles. The maximum absolute atomic E-state index is 12.1. The zero-order valence-electron chi connectivity index (χ0n) is 11.8. The number of carbonyl (C=O) groups excluding carboxylic acids is 1. The molecule has 2 aromatic rings. The molecule has 3 nitrogen and oxygen atoms in total. The Morgan fingerprint density at radius 1 is 1.15 bits per heavy atom. The fourth-order valence-corrected chi connectivity index (χ4v) is 2.05. The van der Waals surface area contributed by atoms with Gasteiger partial charge in [0, 0.05) is 0 Å². The molecule has 2 aromatic carbocycles. The summed E-state index contributed by atoms with van der Waals surface area (Å²) in [6.07, 6.45) is 0.363. The minimum atomic E-state index is -0.0391. The molecule has 0 heterocycles. The molecule has 0 bridgehead atoms. The molecule has 0 aliphatic rings. The van der Waals surface area contributed by atoms with Crippen molar-refractivity contribution in [2.45, 2.75) is 20.3 Å². The summed E-state index contributed by atoms with van der Waals surface area (Å²) in [6, 6.07) is 15.4. The highest BCUT2D eigenvalue weighted by Crippen LogP contribution is 2.23. The van der Waals surface area contributed by atoms with E-state index in [1.54, 1.807) is 0 Å². The topological polar surface area (TPSA) is 38.3 Å². The lowest BCUT2D eigenvalue weighted by Crippen LogP contribution is -2.15. The first kappa shape index (κ1) is 14.1. The minimum Gasteiger partial charge on any atom is -0.492 e. The van der Waals surface area contributed by atoms with E-state index in [0.717, 1.165) is 11.1 Å². The number of rotatable bonds is 5. The fourth-order valence-electron chi connectivity index (χ4n) is 2.05. The Hall–Kier alpha value is -2.29. The van der Waals surface area contributed by atoms with E-state index in [1.165, 1.54) is 0 Å². The average Bonchev–Trinajstić information content (AvgIpc) is 2.41. The highest BCUT2D eigenvalue weighted by atomic mass is 16.5. The van der Waals surface area contributed by atoms with Crippen molar-refractivity contribution in [2.75, 3.05) is 11.9 Å². The van der Waals surface area contributed by atoms with Gasteiger partial charge in [0.05, 0.1) is 18.7 Å².